The molecular formula is C9H16Cl2N2. The van der Waals surface area contributed by atoms with Gasteiger partial charge >= 0.3 is 0 Å². The van der Waals surface area contributed by atoms with E-state index in [-0.39, 0.29) is 24.8 Å². The van der Waals surface area contributed by atoms with Crippen molar-refractivity contribution in [1.29, 1.82) is 0 Å². The summed E-state index contributed by atoms with van der Waals surface area (Å²) >= 11 is 0. The molecule has 0 unspecified atom stereocenters. The Morgan fingerprint density at radius 3 is 2.15 bits per heavy atom. The number of nitrogens with zero attached hydrogens (tertiary/aromatic N) is 1. The van der Waals surface area contributed by atoms with Gasteiger partial charge < -0.3 is 10.6 Å². The van der Waals surface area contributed by atoms with Gasteiger partial charge in [-0.05, 0) is 25.7 Å². The number of nitrogens with two attached hydrogens (primary N) is 1. The summed E-state index contributed by atoms with van der Waals surface area (Å²) in [6.45, 7) is 0.909. The predicted molar refractivity (Wildman–Crippen MR) is 62.7 cm³/mol. The summed E-state index contributed by atoms with van der Waals surface area (Å²) in [7, 11) is 4.07. The first-order valence-electron chi connectivity index (χ1n) is 3.68. The van der Waals surface area contributed by atoms with Crippen LogP contribution in [-0.4, -0.2) is 19.0 Å². The van der Waals surface area contributed by atoms with Crippen LogP contribution >= 0.6 is 24.8 Å². The summed E-state index contributed by atoms with van der Waals surface area (Å²) < 4.78 is 0. The number of anilines is 1. The molecule has 13 heavy (non-hydrogen) atoms. The highest BCUT2D eigenvalue weighted by molar-refractivity contribution is 5.85. The lowest BCUT2D eigenvalue weighted by Gasteiger charge is -2.10. The van der Waals surface area contributed by atoms with Crippen LogP contribution in [0.4, 0.5) is 5.69 Å². The lowest BCUT2D eigenvalue weighted by Crippen LogP contribution is -2.11. The maximum absolute atomic E-state index is 5.74. The number of halogens is 2. The summed E-state index contributed by atoms with van der Waals surface area (Å²) in [4.78, 5) is 2.10. The third-order valence-corrected chi connectivity index (χ3v) is 1.54. The average molecular weight is 223 g/mol. The number of rotatable bonds is 2. The van der Waals surface area contributed by atoms with E-state index in [1.165, 1.54) is 5.56 Å². The van der Waals surface area contributed by atoms with Gasteiger partial charge in [0.15, 0.2) is 0 Å². The molecule has 0 aromatic heterocycles. The molecular weight excluding hydrogens is 207 g/mol. The van der Waals surface area contributed by atoms with Crippen molar-refractivity contribution < 1.29 is 0 Å². The van der Waals surface area contributed by atoms with Gasteiger partial charge in [-0.2, -0.15) is 0 Å². The van der Waals surface area contributed by atoms with E-state index in [9.17, 15) is 0 Å². The van der Waals surface area contributed by atoms with Crippen molar-refractivity contribution in [3.05, 3.63) is 29.8 Å². The minimum atomic E-state index is 0. The Balaban J connectivity index is 0. The fraction of sp³-hybridized carbons (Fsp3) is 0.333. The van der Waals surface area contributed by atoms with Crippen molar-refractivity contribution in [2.45, 2.75) is 6.54 Å². The fourth-order valence-corrected chi connectivity index (χ4v) is 1.02. The Bertz CT molecular complexity index is 239. The van der Waals surface area contributed by atoms with E-state index < -0.39 is 0 Å². The molecule has 0 saturated carbocycles. The van der Waals surface area contributed by atoms with Crippen LogP contribution in [0.1, 0.15) is 5.56 Å². The zero-order chi connectivity index (χ0) is 8.27. The smallest absolute Gasteiger partial charge is 0.0359 e. The Kier molecular flexibility index (Phi) is 8.12. The molecule has 4 heteroatoms. The first kappa shape index (κ1) is 15.1. The van der Waals surface area contributed by atoms with Crippen LogP contribution in [0.25, 0.3) is 0 Å². The Hall–Kier alpha value is -0.440. The zero-order valence-corrected chi connectivity index (χ0v) is 9.49. The van der Waals surface area contributed by atoms with Gasteiger partial charge in [-0.15, -0.1) is 24.8 Å². The Morgan fingerprint density at radius 1 is 1.15 bits per heavy atom. The molecule has 0 saturated heterocycles. The van der Waals surface area contributed by atoms with Crippen LogP contribution in [0.2, 0.25) is 0 Å². The van der Waals surface area contributed by atoms with Crippen molar-refractivity contribution in [3.8, 4) is 0 Å². The second kappa shape index (κ2) is 7.01. The third kappa shape index (κ3) is 4.98. The quantitative estimate of drug-likeness (QED) is 0.778. The number of benzene rings is 1. The van der Waals surface area contributed by atoms with Gasteiger partial charge in [0.05, 0.1) is 0 Å². The van der Waals surface area contributed by atoms with Crippen LogP contribution in [0.5, 0.6) is 0 Å². The molecule has 0 radical (unpaired) electrons. The molecule has 0 spiro atoms. The minimum absolute atomic E-state index is 0. The molecule has 0 bridgehead atoms. The monoisotopic (exact) mass is 222 g/mol. The third-order valence-electron chi connectivity index (χ3n) is 1.54. The maximum Gasteiger partial charge on any atom is 0.0359 e. The zero-order valence-electron chi connectivity index (χ0n) is 7.86. The van der Waals surface area contributed by atoms with E-state index in [4.69, 9.17) is 5.73 Å². The normalized spacial score (nSPS) is 8.85. The number of hydrogen-bond donors (Lipinski definition) is 1. The van der Waals surface area contributed by atoms with Crippen molar-refractivity contribution >= 4 is 30.5 Å². The van der Waals surface area contributed by atoms with Gasteiger partial charge in [0, 0.05) is 12.2 Å². The van der Waals surface area contributed by atoms with Gasteiger partial charge in [-0.3, -0.25) is 0 Å². The van der Waals surface area contributed by atoms with E-state index in [0.29, 0.717) is 0 Å². The molecule has 0 fully saturated rings. The van der Waals surface area contributed by atoms with E-state index in [2.05, 4.69) is 11.0 Å². The van der Waals surface area contributed by atoms with Crippen LogP contribution in [0.15, 0.2) is 24.3 Å². The molecule has 0 atom stereocenters. The van der Waals surface area contributed by atoms with Gasteiger partial charge in [-0.1, -0.05) is 18.2 Å². The second-order valence-electron chi connectivity index (χ2n) is 2.94. The van der Waals surface area contributed by atoms with E-state index in [1.807, 2.05) is 32.3 Å². The topological polar surface area (TPSA) is 29.3 Å². The van der Waals surface area contributed by atoms with Gasteiger partial charge in [0.1, 0.15) is 0 Å². The Morgan fingerprint density at radius 2 is 1.69 bits per heavy atom. The molecule has 76 valence electrons. The molecule has 2 N–H and O–H groups in total. The van der Waals surface area contributed by atoms with Crippen LogP contribution in [-0.2, 0) is 6.54 Å². The first-order chi connectivity index (χ1) is 5.20. The van der Waals surface area contributed by atoms with E-state index in [0.717, 1.165) is 12.2 Å². The minimum Gasteiger partial charge on any atom is -0.398 e. The SMILES string of the molecule is CN(C)Cc1ccccc1N.Cl.Cl. The first-order valence-corrected chi connectivity index (χ1v) is 3.68. The number of hydrogen-bond acceptors (Lipinski definition) is 2. The van der Waals surface area contributed by atoms with Crippen LogP contribution in [0, 0.1) is 0 Å². The molecule has 2 nitrogen and oxygen atoms in total. The summed E-state index contributed by atoms with van der Waals surface area (Å²) in [5.41, 5.74) is 7.81. The van der Waals surface area contributed by atoms with Crippen LogP contribution < -0.4 is 5.73 Å². The van der Waals surface area contributed by atoms with Crippen molar-refractivity contribution in [2.75, 3.05) is 19.8 Å². The molecule has 1 aromatic rings. The standard InChI is InChI=1S/C9H14N2.2ClH/c1-11(2)7-8-5-3-4-6-9(8)10;;/h3-6H,7,10H2,1-2H3;2*1H. The molecule has 0 amide bonds. The van der Waals surface area contributed by atoms with Gasteiger partial charge in [0.25, 0.3) is 0 Å². The van der Waals surface area contributed by atoms with E-state index >= 15 is 0 Å². The van der Waals surface area contributed by atoms with Gasteiger partial charge in [-0.25, -0.2) is 0 Å². The number of nitrogen functional groups attached to an aromatic ring is 1. The summed E-state index contributed by atoms with van der Waals surface area (Å²) in [5, 5.41) is 0. The van der Waals surface area contributed by atoms with Crippen molar-refractivity contribution in [3.63, 3.8) is 0 Å². The molecule has 0 aliphatic carbocycles. The highest BCUT2D eigenvalue weighted by Crippen LogP contribution is 2.11. The highest BCUT2D eigenvalue weighted by atomic mass is 35.5. The molecule has 1 aromatic carbocycles. The predicted octanol–water partition coefficient (Wildman–Crippen LogP) is 2.17. The fourth-order valence-electron chi connectivity index (χ4n) is 1.02. The van der Waals surface area contributed by atoms with Crippen molar-refractivity contribution in [2.24, 2.45) is 0 Å². The molecule has 0 aliphatic heterocycles. The molecule has 1 rings (SSSR count). The molecule has 0 heterocycles. The van der Waals surface area contributed by atoms with Gasteiger partial charge in [0.2, 0.25) is 0 Å². The summed E-state index contributed by atoms with van der Waals surface area (Å²) in [6.07, 6.45) is 0. The summed E-state index contributed by atoms with van der Waals surface area (Å²) in [5.74, 6) is 0. The van der Waals surface area contributed by atoms with Crippen molar-refractivity contribution in [1.82, 2.24) is 4.90 Å². The maximum atomic E-state index is 5.74. The highest BCUT2D eigenvalue weighted by Gasteiger charge is 1.97. The molecule has 0 aliphatic rings. The average Bonchev–Trinajstić information content (AvgIpc) is 1.93. The second-order valence-corrected chi connectivity index (χ2v) is 2.94. The lowest BCUT2D eigenvalue weighted by atomic mass is 10.2. The Labute approximate surface area is 91.9 Å². The lowest BCUT2D eigenvalue weighted by molar-refractivity contribution is 0.403. The van der Waals surface area contributed by atoms with Crippen LogP contribution in [0.3, 0.4) is 0 Å². The number of para-hydroxylation sites is 1. The summed E-state index contributed by atoms with van der Waals surface area (Å²) in [6, 6.07) is 7.94. The van der Waals surface area contributed by atoms with E-state index in [1.54, 1.807) is 0 Å². The largest absolute Gasteiger partial charge is 0.398 e.